The quantitative estimate of drug-likeness (QED) is 0.761. The van der Waals surface area contributed by atoms with Gasteiger partial charge in [-0.05, 0) is 18.8 Å². The van der Waals surface area contributed by atoms with E-state index >= 15 is 0 Å². The molecule has 0 fully saturated rings. The van der Waals surface area contributed by atoms with Gasteiger partial charge < -0.3 is 10.4 Å². The van der Waals surface area contributed by atoms with Crippen LogP contribution in [0.15, 0.2) is 0 Å². The summed E-state index contributed by atoms with van der Waals surface area (Å²) in [6.45, 7) is 8.26. The zero-order valence-electron chi connectivity index (χ0n) is 9.30. The van der Waals surface area contributed by atoms with Crippen molar-refractivity contribution in [3.05, 3.63) is 0 Å². The third-order valence-electron chi connectivity index (χ3n) is 1.72. The summed E-state index contributed by atoms with van der Waals surface area (Å²) in [5.41, 5.74) is 0.0875. The van der Waals surface area contributed by atoms with Gasteiger partial charge in [0.05, 0.1) is 10.9 Å². The Morgan fingerprint density at radius 2 is 2.00 bits per heavy atom. The van der Waals surface area contributed by atoms with Crippen LogP contribution in [-0.4, -0.2) is 28.5 Å². The van der Waals surface area contributed by atoms with E-state index in [1.165, 1.54) is 0 Å². The minimum Gasteiger partial charge on any atom is -0.391 e. The Hall–Kier alpha value is -0.0900. The SMILES string of the molecule is CC(Br)C(=O)NCC(O)CC(C)(C)C. The van der Waals surface area contributed by atoms with Crippen LogP contribution < -0.4 is 5.32 Å². The maximum Gasteiger partial charge on any atom is 0.233 e. The van der Waals surface area contributed by atoms with E-state index < -0.39 is 6.10 Å². The van der Waals surface area contributed by atoms with Gasteiger partial charge in [0.1, 0.15) is 0 Å². The lowest BCUT2D eigenvalue weighted by atomic mass is 9.89. The highest BCUT2D eigenvalue weighted by molar-refractivity contribution is 9.10. The average molecular weight is 266 g/mol. The van der Waals surface area contributed by atoms with Gasteiger partial charge in [-0.2, -0.15) is 0 Å². The molecule has 0 aromatic carbocycles. The number of carbonyl (C=O) groups is 1. The first kappa shape index (κ1) is 13.9. The summed E-state index contributed by atoms with van der Waals surface area (Å²) in [7, 11) is 0. The van der Waals surface area contributed by atoms with Crippen LogP contribution in [0.3, 0.4) is 0 Å². The summed E-state index contributed by atoms with van der Waals surface area (Å²) in [6.07, 6.45) is 0.217. The van der Waals surface area contributed by atoms with Crippen molar-refractivity contribution in [1.82, 2.24) is 5.32 Å². The third kappa shape index (κ3) is 7.33. The second-order valence-corrected chi connectivity index (χ2v) is 6.15. The molecule has 0 radical (unpaired) electrons. The molecule has 0 aromatic rings. The normalized spacial score (nSPS) is 16.1. The van der Waals surface area contributed by atoms with Crippen molar-refractivity contribution in [3.8, 4) is 0 Å². The fraction of sp³-hybridized carbons (Fsp3) is 0.900. The van der Waals surface area contributed by atoms with Crippen molar-refractivity contribution < 1.29 is 9.90 Å². The van der Waals surface area contributed by atoms with E-state index in [9.17, 15) is 9.90 Å². The van der Waals surface area contributed by atoms with Crippen molar-refractivity contribution in [2.45, 2.75) is 45.0 Å². The maximum atomic E-state index is 11.1. The van der Waals surface area contributed by atoms with E-state index in [0.29, 0.717) is 13.0 Å². The molecule has 0 bridgehead atoms. The van der Waals surface area contributed by atoms with Gasteiger partial charge in [-0.25, -0.2) is 0 Å². The summed E-state index contributed by atoms with van der Waals surface area (Å²) in [5, 5.41) is 12.3. The van der Waals surface area contributed by atoms with E-state index in [2.05, 4.69) is 42.0 Å². The Kier molecular flexibility index (Phi) is 5.67. The summed E-state index contributed by atoms with van der Waals surface area (Å²) < 4.78 is 0. The molecular weight excluding hydrogens is 246 g/mol. The first-order valence-electron chi connectivity index (χ1n) is 4.82. The van der Waals surface area contributed by atoms with Crippen molar-refractivity contribution in [1.29, 1.82) is 0 Å². The molecule has 2 atom stereocenters. The highest BCUT2D eigenvalue weighted by atomic mass is 79.9. The van der Waals surface area contributed by atoms with Crippen LogP contribution in [0.1, 0.15) is 34.1 Å². The number of carbonyl (C=O) groups excluding carboxylic acids is 1. The lowest BCUT2D eigenvalue weighted by Gasteiger charge is -2.22. The molecule has 0 rings (SSSR count). The van der Waals surface area contributed by atoms with Crippen LogP contribution in [0.2, 0.25) is 0 Å². The van der Waals surface area contributed by atoms with Gasteiger partial charge in [0, 0.05) is 6.54 Å². The van der Waals surface area contributed by atoms with Crippen LogP contribution in [0.5, 0.6) is 0 Å². The Balaban J connectivity index is 3.75. The second-order valence-electron chi connectivity index (χ2n) is 4.78. The van der Waals surface area contributed by atoms with Crippen LogP contribution in [0.25, 0.3) is 0 Å². The number of rotatable bonds is 4. The van der Waals surface area contributed by atoms with Crippen LogP contribution in [-0.2, 0) is 4.79 Å². The number of aliphatic hydroxyl groups is 1. The van der Waals surface area contributed by atoms with Gasteiger partial charge in [0.25, 0.3) is 0 Å². The maximum absolute atomic E-state index is 11.1. The predicted molar refractivity (Wildman–Crippen MR) is 61.5 cm³/mol. The lowest BCUT2D eigenvalue weighted by Crippen LogP contribution is -2.37. The second kappa shape index (κ2) is 5.71. The topological polar surface area (TPSA) is 49.3 Å². The summed E-state index contributed by atoms with van der Waals surface area (Å²) in [6, 6.07) is 0. The standard InChI is InChI=1S/C10H20BrNO2/c1-7(11)9(14)12-6-8(13)5-10(2,3)4/h7-8,13H,5-6H2,1-4H3,(H,12,14). The molecule has 0 saturated heterocycles. The monoisotopic (exact) mass is 265 g/mol. The molecule has 4 heteroatoms. The zero-order valence-corrected chi connectivity index (χ0v) is 10.9. The van der Waals surface area contributed by atoms with Gasteiger partial charge in [0.2, 0.25) is 5.91 Å². The van der Waals surface area contributed by atoms with Crippen LogP contribution >= 0.6 is 15.9 Å². The van der Waals surface area contributed by atoms with Crippen LogP contribution in [0.4, 0.5) is 0 Å². The van der Waals surface area contributed by atoms with Crippen molar-refractivity contribution >= 4 is 21.8 Å². The number of amides is 1. The summed E-state index contributed by atoms with van der Waals surface area (Å²) >= 11 is 3.16. The first-order valence-corrected chi connectivity index (χ1v) is 5.74. The molecule has 0 heterocycles. The summed E-state index contributed by atoms with van der Waals surface area (Å²) in [4.78, 5) is 10.9. The number of hydrogen-bond acceptors (Lipinski definition) is 2. The van der Waals surface area contributed by atoms with E-state index in [1.54, 1.807) is 6.92 Å². The summed E-state index contributed by atoms with van der Waals surface area (Å²) in [5.74, 6) is -0.0852. The Bertz CT molecular complexity index is 187. The number of alkyl halides is 1. The molecule has 84 valence electrons. The molecule has 0 aliphatic carbocycles. The van der Waals surface area contributed by atoms with Gasteiger partial charge in [-0.3, -0.25) is 4.79 Å². The number of nitrogens with one attached hydrogen (secondary N) is 1. The molecule has 0 aliphatic rings. The lowest BCUT2D eigenvalue weighted by molar-refractivity contribution is -0.120. The van der Waals surface area contributed by atoms with E-state index in [4.69, 9.17) is 0 Å². The van der Waals surface area contributed by atoms with Gasteiger partial charge in [-0.1, -0.05) is 36.7 Å². The average Bonchev–Trinajstić information content (AvgIpc) is 1.96. The zero-order chi connectivity index (χ0) is 11.4. The highest BCUT2D eigenvalue weighted by Gasteiger charge is 2.17. The number of halogens is 1. The molecule has 0 saturated carbocycles. The molecule has 0 aromatic heterocycles. The third-order valence-corrected chi connectivity index (χ3v) is 2.14. The molecule has 0 spiro atoms. The molecule has 1 amide bonds. The van der Waals surface area contributed by atoms with Crippen molar-refractivity contribution in [2.75, 3.05) is 6.54 Å². The van der Waals surface area contributed by atoms with Crippen LogP contribution in [0, 0.1) is 5.41 Å². The van der Waals surface area contributed by atoms with Gasteiger partial charge in [0.15, 0.2) is 0 Å². The highest BCUT2D eigenvalue weighted by Crippen LogP contribution is 2.20. The molecule has 2 N–H and O–H groups in total. The van der Waals surface area contributed by atoms with E-state index in [0.717, 1.165) is 0 Å². The van der Waals surface area contributed by atoms with Crippen molar-refractivity contribution in [3.63, 3.8) is 0 Å². The molecule has 3 nitrogen and oxygen atoms in total. The largest absolute Gasteiger partial charge is 0.391 e. The fourth-order valence-electron chi connectivity index (χ4n) is 1.14. The Morgan fingerprint density at radius 1 is 1.50 bits per heavy atom. The fourth-order valence-corrected chi connectivity index (χ4v) is 1.30. The molecular formula is C10H20BrNO2. The van der Waals surface area contributed by atoms with E-state index in [-0.39, 0.29) is 16.1 Å². The minimum atomic E-state index is -0.467. The van der Waals surface area contributed by atoms with Gasteiger partial charge in [-0.15, -0.1) is 0 Å². The van der Waals surface area contributed by atoms with Crippen molar-refractivity contribution in [2.24, 2.45) is 5.41 Å². The number of aliphatic hydroxyl groups excluding tert-OH is 1. The smallest absolute Gasteiger partial charge is 0.233 e. The number of hydrogen-bond donors (Lipinski definition) is 2. The predicted octanol–water partition coefficient (Wildman–Crippen LogP) is 1.68. The minimum absolute atomic E-state index is 0.0852. The molecule has 2 unspecified atom stereocenters. The molecule has 0 aliphatic heterocycles. The van der Waals surface area contributed by atoms with E-state index in [1.807, 2.05) is 0 Å². The Morgan fingerprint density at radius 3 is 2.36 bits per heavy atom. The van der Waals surface area contributed by atoms with Gasteiger partial charge >= 0.3 is 0 Å². The first-order chi connectivity index (χ1) is 6.22. The Labute approximate surface area is 94.4 Å². The molecule has 14 heavy (non-hydrogen) atoms.